The Labute approximate surface area is 158 Å². The van der Waals surface area contributed by atoms with Crippen LogP contribution in [0.1, 0.15) is 26.3 Å². The van der Waals surface area contributed by atoms with Crippen molar-refractivity contribution in [3.8, 4) is 0 Å². The molecule has 0 fully saturated rings. The number of nitrogens with one attached hydrogen (secondary N) is 3. The maximum atomic E-state index is 12.1. The van der Waals surface area contributed by atoms with Gasteiger partial charge in [0.2, 0.25) is 5.91 Å². The lowest BCUT2D eigenvalue weighted by Gasteiger charge is -2.21. The van der Waals surface area contributed by atoms with E-state index in [9.17, 15) is 19.2 Å². The van der Waals surface area contributed by atoms with Crippen molar-refractivity contribution in [3.63, 3.8) is 0 Å². The second-order valence-corrected chi connectivity index (χ2v) is 6.19. The summed E-state index contributed by atoms with van der Waals surface area (Å²) < 4.78 is 5.04. The number of alkyl carbamates (subject to hydrolysis) is 1. The minimum absolute atomic E-state index is 0.0532. The van der Waals surface area contributed by atoms with Gasteiger partial charge in [-0.05, 0) is 26.3 Å². The zero-order valence-corrected chi connectivity index (χ0v) is 15.9. The smallest absolute Gasteiger partial charge is 0.408 e. The molecular formula is C18H26N4O5. The Morgan fingerprint density at radius 2 is 1.59 bits per heavy atom. The SMILES string of the molecule is CC(=O)CN(C)NC(=O)[C@H](C)NC(=O)[C@H](C)NC(=O)OCc1ccccc1. The quantitative estimate of drug-likeness (QED) is 0.534. The summed E-state index contributed by atoms with van der Waals surface area (Å²) in [4.78, 5) is 46.9. The third-order valence-corrected chi connectivity index (χ3v) is 3.45. The van der Waals surface area contributed by atoms with Crippen LogP contribution < -0.4 is 16.1 Å². The van der Waals surface area contributed by atoms with Gasteiger partial charge >= 0.3 is 6.09 Å². The molecule has 0 spiro atoms. The monoisotopic (exact) mass is 378 g/mol. The highest BCUT2D eigenvalue weighted by Crippen LogP contribution is 2.00. The largest absolute Gasteiger partial charge is 0.445 e. The summed E-state index contributed by atoms with van der Waals surface area (Å²) in [6.07, 6.45) is -0.736. The van der Waals surface area contributed by atoms with Gasteiger partial charge in [0.15, 0.2) is 0 Å². The van der Waals surface area contributed by atoms with Crippen molar-refractivity contribution in [1.29, 1.82) is 0 Å². The van der Waals surface area contributed by atoms with Gasteiger partial charge in [-0.1, -0.05) is 30.3 Å². The van der Waals surface area contributed by atoms with Crippen LogP contribution in [0.15, 0.2) is 30.3 Å². The topological polar surface area (TPSA) is 117 Å². The van der Waals surface area contributed by atoms with E-state index in [1.54, 1.807) is 7.05 Å². The molecule has 0 aliphatic carbocycles. The van der Waals surface area contributed by atoms with E-state index in [4.69, 9.17) is 4.74 Å². The lowest BCUT2D eigenvalue weighted by molar-refractivity contribution is -0.132. The van der Waals surface area contributed by atoms with Crippen molar-refractivity contribution in [1.82, 2.24) is 21.1 Å². The average molecular weight is 378 g/mol. The van der Waals surface area contributed by atoms with Crippen LogP contribution >= 0.6 is 0 Å². The minimum atomic E-state index is -0.890. The van der Waals surface area contributed by atoms with Gasteiger partial charge in [0, 0.05) is 7.05 Å². The van der Waals surface area contributed by atoms with Crippen LogP contribution in [-0.4, -0.2) is 54.4 Å². The molecular weight excluding hydrogens is 352 g/mol. The van der Waals surface area contributed by atoms with E-state index in [0.29, 0.717) is 0 Å². The highest BCUT2D eigenvalue weighted by molar-refractivity contribution is 5.90. The van der Waals surface area contributed by atoms with E-state index in [0.717, 1.165) is 5.56 Å². The van der Waals surface area contributed by atoms with Crippen molar-refractivity contribution in [2.24, 2.45) is 0 Å². The average Bonchev–Trinajstić information content (AvgIpc) is 2.59. The number of nitrogens with zero attached hydrogens (tertiary/aromatic N) is 1. The fourth-order valence-electron chi connectivity index (χ4n) is 2.07. The van der Waals surface area contributed by atoms with Crippen LogP contribution in [0.2, 0.25) is 0 Å². The first-order valence-corrected chi connectivity index (χ1v) is 8.47. The van der Waals surface area contributed by atoms with Crippen LogP contribution in [0.4, 0.5) is 4.79 Å². The number of hydrogen-bond donors (Lipinski definition) is 3. The molecule has 0 saturated heterocycles. The summed E-state index contributed by atoms with van der Waals surface area (Å²) >= 11 is 0. The fourth-order valence-corrected chi connectivity index (χ4v) is 2.07. The number of hydrazine groups is 1. The molecule has 1 aromatic rings. The molecule has 9 heteroatoms. The molecule has 0 unspecified atom stereocenters. The number of rotatable bonds is 9. The molecule has 9 nitrogen and oxygen atoms in total. The Kier molecular flexibility index (Phi) is 8.94. The van der Waals surface area contributed by atoms with Gasteiger partial charge in [-0.3, -0.25) is 19.8 Å². The lowest BCUT2D eigenvalue weighted by Crippen LogP contribution is -2.54. The zero-order valence-electron chi connectivity index (χ0n) is 15.9. The Bertz CT molecular complexity index is 665. The van der Waals surface area contributed by atoms with Crippen LogP contribution in [0.5, 0.6) is 0 Å². The molecule has 0 aliphatic heterocycles. The first kappa shape index (κ1) is 22.1. The predicted molar refractivity (Wildman–Crippen MR) is 98.3 cm³/mol. The molecule has 1 aromatic carbocycles. The van der Waals surface area contributed by atoms with Crippen LogP contribution in [-0.2, 0) is 25.7 Å². The van der Waals surface area contributed by atoms with Gasteiger partial charge in [0.25, 0.3) is 5.91 Å². The third-order valence-electron chi connectivity index (χ3n) is 3.45. The Morgan fingerprint density at radius 3 is 2.19 bits per heavy atom. The second kappa shape index (κ2) is 10.9. The molecule has 0 bridgehead atoms. The molecule has 1 rings (SSSR count). The van der Waals surface area contributed by atoms with Gasteiger partial charge < -0.3 is 15.4 Å². The zero-order chi connectivity index (χ0) is 20.4. The minimum Gasteiger partial charge on any atom is -0.445 e. The van der Waals surface area contributed by atoms with E-state index in [1.165, 1.54) is 25.8 Å². The van der Waals surface area contributed by atoms with E-state index >= 15 is 0 Å². The number of carbonyl (C=O) groups is 4. The Balaban J connectivity index is 2.38. The van der Waals surface area contributed by atoms with Gasteiger partial charge in [0.05, 0.1) is 6.54 Å². The first-order chi connectivity index (χ1) is 12.7. The van der Waals surface area contributed by atoms with E-state index < -0.39 is 30.0 Å². The highest BCUT2D eigenvalue weighted by Gasteiger charge is 2.22. The molecule has 148 valence electrons. The lowest BCUT2D eigenvalue weighted by atomic mass is 10.2. The van der Waals surface area contributed by atoms with E-state index in [2.05, 4.69) is 16.1 Å². The number of Topliss-reactive ketones (excluding diaryl/α,β-unsaturated/α-hetero) is 1. The number of ketones is 1. The predicted octanol–water partition coefficient (Wildman–Crippen LogP) is 0.358. The molecule has 3 amide bonds. The van der Waals surface area contributed by atoms with Crippen molar-refractivity contribution >= 4 is 23.7 Å². The summed E-state index contributed by atoms with van der Waals surface area (Å²) in [5.41, 5.74) is 3.31. The Morgan fingerprint density at radius 1 is 1.00 bits per heavy atom. The maximum absolute atomic E-state index is 12.1. The van der Waals surface area contributed by atoms with Crippen molar-refractivity contribution in [2.45, 2.75) is 39.5 Å². The highest BCUT2D eigenvalue weighted by atomic mass is 16.5. The Hall–Kier alpha value is -2.94. The summed E-state index contributed by atoms with van der Waals surface area (Å²) in [5, 5.41) is 6.21. The summed E-state index contributed by atoms with van der Waals surface area (Å²) in [5.74, 6) is -1.13. The number of carbonyl (C=O) groups excluding carboxylic acids is 4. The summed E-state index contributed by atoms with van der Waals surface area (Å²) in [7, 11) is 1.54. The molecule has 2 atom stereocenters. The van der Waals surface area contributed by atoms with Gasteiger partial charge in [0.1, 0.15) is 24.5 Å². The second-order valence-electron chi connectivity index (χ2n) is 6.19. The number of hydrogen-bond acceptors (Lipinski definition) is 6. The number of ether oxygens (including phenoxy) is 1. The molecule has 0 saturated carbocycles. The van der Waals surface area contributed by atoms with E-state index in [1.807, 2.05) is 30.3 Å². The summed E-state index contributed by atoms with van der Waals surface area (Å²) in [6.45, 7) is 4.51. The maximum Gasteiger partial charge on any atom is 0.408 e. The molecule has 0 aliphatic rings. The van der Waals surface area contributed by atoms with Crippen molar-refractivity contribution < 1.29 is 23.9 Å². The van der Waals surface area contributed by atoms with Crippen LogP contribution in [0.3, 0.4) is 0 Å². The normalized spacial score (nSPS) is 12.6. The third kappa shape index (κ3) is 8.82. The van der Waals surface area contributed by atoms with Crippen LogP contribution in [0.25, 0.3) is 0 Å². The molecule has 0 radical (unpaired) electrons. The van der Waals surface area contributed by atoms with Crippen molar-refractivity contribution in [3.05, 3.63) is 35.9 Å². The first-order valence-electron chi connectivity index (χ1n) is 8.47. The number of benzene rings is 1. The summed E-state index contributed by atoms with van der Waals surface area (Å²) in [6, 6.07) is 7.39. The van der Waals surface area contributed by atoms with Gasteiger partial charge in [-0.25, -0.2) is 9.80 Å². The van der Waals surface area contributed by atoms with E-state index in [-0.39, 0.29) is 18.9 Å². The standard InChI is InChI=1S/C18H26N4O5/c1-12(23)10-22(4)21-17(25)14(3)19-16(24)13(2)20-18(26)27-11-15-8-6-5-7-9-15/h5-9,13-14H,10-11H2,1-4H3,(H,19,24)(H,20,26)(H,21,25)/t13-,14-/m0/s1. The van der Waals surface area contributed by atoms with Gasteiger partial charge in [-0.15, -0.1) is 0 Å². The number of amides is 3. The number of likely N-dealkylation sites (N-methyl/N-ethyl adjacent to an activating group) is 1. The fraction of sp³-hybridized carbons (Fsp3) is 0.444. The van der Waals surface area contributed by atoms with Gasteiger partial charge in [-0.2, -0.15) is 0 Å². The molecule has 27 heavy (non-hydrogen) atoms. The van der Waals surface area contributed by atoms with Crippen LogP contribution in [0, 0.1) is 0 Å². The van der Waals surface area contributed by atoms with Crippen molar-refractivity contribution in [2.75, 3.05) is 13.6 Å². The molecule has 0 aromatic heterocycles. The molecule has 3 N–H and O–H groups in total. The molecule has 0 heterocycles.